The lowest BCUT2D eigenvalue weighted by atomic mass is 10.1. The maximum absolute atomic E-state index is 12.7. The minimum absolute atomic E-state index is 0.150. The maximum Gasteiger partial charge on any atom is 0.257 e. The van der Waals surface area contributed by atoms with Crippen LogP contribution >= 0.6 is 27.3 Å². The second-order valence-corrected chi connectivity index (χ2v) is 6.65. The third kappa shape index (κ3) is 4.15. The molecule has 0 bridgehead atoms. The molecule has 1 amide bonds. The quantitative estimate of drug-likeness (QED) is 0.636. The van der Waals surface area contributed by atoms with Gasteiger partial charge >= 0.3 is 0 Å². The summed E-state index contributed by atoms with van der Waals surface area (Å²) >= 11 is 4.96. The highest BCUT2D eigenvalue weighted by atomic mass is 79.9. The van der Waals surface area contributed by atoms with E-state index in [1.807, 2.05) is 53.9 Å². The van der Waals surface area contributed by atoms with Gasteiger partial charge in [0.25, 0.3) is 5.91 Å². The molecule has 3 nitrogen and oxygen atoms in total. The van der Waals surface area contributed by atoms with Gasteiger partial charge in [0, 0.05) is 15.5 Å². The van der Waals surface area contributed by atoms with Gasteiger partial charge in [-0.3, -0.25) is 9.78 Å². The number of anilines is 1. The Morgan fingerprint density at radius 1 is 1.13 bits per heavy atom. The van der Waals surface area contributed by atoms with Gasteiger partial charge in [0.15, 0.2) is 0 Å². The fourth-order valence-electron chi connectivity index (χ4n) is 2.04. The van der Waals surface area contributed by atoms with Gasteiger partial charge in [-0.2, -0.15) is 0 Å². The van der Waals surface area contributed by atoms with E-state index in [0.29, 0.717) is 11.3 Å². The monoisotopic (exact) mass is 384 g/mol. The number of nitrogens with one attached hydrogen (secondary N) is 1. The van der Waals surface area contributed by atoms with Crippen LogP contribution in [0.4, 0.5) is 5.69 Å². The minimum Gasteiger partial charge on any atom is -0.321 e. The SMILES string of the molecule is O=C(Nc1cccnc1)C(=Cc1ccc(Br)cc1)c1cccs1. The van der Waals surface area contributed by atoms with Crippen LogP contribution in [0.3, 0.4) is 0 Å². The molecule has 1 aromatic carbocycles. The summed E-state index contributed by atoms with van der Waals surface area (Å²) in [5, 5.41) is 4.85. The van der Waals surface area contributed by atoms with Gasteiger partial charge < -0.3 is 5.32 Å². The summed E-state index contributed by atoms with van der Waals surface area (Å²) in [6.45, 7) is 0. The van der Waals surface area contributed by atoms with Crippen LogP contribution in [0.25, 0.3) is 11.6 Å². The Morgan fingerprint density at radius 3 is 2.61 bits per heavy atom. The summed E-state index contributed by atoms with van der Waals surface area (Å²) in [6.07, 6.45) is 5.20. The normalized spacial score (nSPS) is 11.3. The molecule has 0 saturated heterocycles. The van der Waals surface area contributed by atoms with Crippen molar-refractivity contribution in [3.8, 4) is 0 Å². The van der Waals surface area contributed by atoms with E-state index in [4.69, 9.17) is 0 Å². The Hall–Kier alpha value is -2.24. The molecule has 0 spiro atoms. The van der Waals surface area contributed by atoms with Crippen molar-refractivity contribution in [1.82, 2.24) is 4.98 Å². The van der Waals surface area contributed by atoms with Crippen LogP contribution in [0.15, 0.2) is 70.8 Å². The second-order valence-electron chi connectivity index (χ2n) is 4.78. The molecule has 1 N–H and O–H groups in total. The number of nitrogens with zero attached hydrogens (tertiary/aromatic N) is 1. The lowest BCUT2D eigenvalue weighted by Gasteiger charge is -2.08. The predicted molar refractivity (Wildman–Crippen MR) is 99.2 cm³/mol. The molecule has 114 valence electrons. The average Bonchev–Trinajstić information content (AvgIpc) is 3.09. The van der Waals surface area contributed by atoms with Crippen molar-refractivity contribution < 1.29 is 4.79 Å². The van der Waals surface area contributed by atoms with E-state index in [0.717, 1.165) is 14.9 Å². The summed E-state index contributed by atoms with van der Waals surface area (Å²) in [4.78, 5) is 17.6. The van der Waals surface area contributed by atoms with E-state index in [1.54, 1.807) is 18.5 Å². The van der Waals surface area contributed by atoms with Crippen molar-refractivity contribution in [3.05, 3.63) is 81.2 Å². The van der Waals surface area contributed by atoms with Gasteiger partial charge in [-0.05, 0) is 47.4 Å². The maximum atomic E-state index is 12.7. The molecular weight excluding hydrogens is 372 g/mol. The van der Waals surface area contributed by atoms with Gasteiger partial charge in [0.05, 0.1) is 17.5 Å². The lowest BCUT2D eigenvalue weighted by Crippen LogP contribution is -2.13. The molecule has 0 radical (unpaired) electrons. The summed E-state index contributed by atoms with van der Waals surface area (Å²) in [7, 11) is 0. The minimum atomic E-state index is -0.150. The van der Waals surface area contributed by atoms with Crippen molar-refractivity contribution in [1.29, 1.82) is 0 Å². The number of carbonyl (C=O) groups is 1. The molecule has 0 aliphatic heterocycles. The molecular formula is C18H13BrN2OS. The fourth-order valence-corrected chi connectivity index (χ4v) is 3.04. The van der Waals surface area contributed by atoms with E-state index >= 15 is 0 Å². The molecule has 0 fully saturated rings. The summed E-state index contributed by atoms with van der Waals surface area (Å²) in [5.41, 5.74) is 2.28. The van der Waals surface area contributed by atoms with Crippen LogP contribution in [0.5, 0.6) is 0 Å². The topological polar surface area (TPSA) is 42.0 Å². The summed E-state index contributed by atoms with van der Waals surface area (Å²) in [6, 6.07) is 15.3. The number of pyridine rings is 1. The standard InChI is InChI=1S/C18H13BrN2OS/c19-14-7-5-13(6-8-14)11-16(17-4-2-10-23-17)18(22)21-15-3-1-9-20-12-15/h1-12H,(H,21,22). The number of aromatic nitrogens is 1. The van der Waals surface area contributed by atoms with E-state index in [1.165, 1.54) is 11.3 Å². The first-order valence-electron chi connectivity index (χ1n) is 6.95. The highest BCUT2D eigenvalue weighted by molar-refractivity contribution is 9.10. The predicted octanol–water partition coefficient (Wildman–Crippen LogP) is 5.08. The molecule has 2 aromatic heterocycles. The Balaban J connectivity index is 1.93. The second kappa shape index (κ2) is 7.35. The van der Waals surface area contributed by atoms with Crippen LogP contribution in [0, 0.1) is 0 Å². The van der Waals surface area contributed by atoms with Gasteiger partial charge in [-0.15, -0.1) is 11.3 Å². The van der Waals surface area contributed by atoms with E-state index in [-0.39, 0.29) is 5.91 Å². The number of benzene rings is 1. The molecule has 0 atom stereocenters. The van der Waals surface area contributed by atoms with Crippen molar-refractivity contribution in [2.45, 2.75) is 0 Å². The van der Waals surface area contributed by atoms with E-state index in [2.05, 4.69) is 26.2 Å². The lowest BCUT2D eigenvalue weighted by molar-refractivity contribution is -0.111. The van der Waals surface area contributed by atoms with Crippen molar-refractivity contribution in [3.63, 3.8) is 0 Å². The van der Waals surface area contributed by atoms with Crippen LogP contribution in [0.2, 0.25) is 0 Å². The van der Waals surface area contributed by atoms with Gasteiger partial charge in [0.2, 0.25) is 0 Å². The zero-order valence-electron chi connectivity index (χ0n) is 12.1. The number of halogens is 1. The third-order valence-electron chi connectivity index (χ3n) is 3.13. The van der Waals surface area contributed by atoms with Crippen molar-refractivity contribution in [2.75, 3.05) is 5.32 Å². The van der Waals surface area contributed by atoms with Gasteiger partial charge in [-0.1, -0.05) is 34.1 Å². The molecule has 3 rings (SSSR count). The van der Waals surface area contributed by atoms with Crippen LogP contribution in [-0.2, 0) is 4.79 Å². The highest BCUT2D eigenvalue weighted by Gasteiger charge is 2.13. The van der Waals surface area contributed by atoms with Crippen LogP contribution in [-0.4, -0.2) is 10.9 Å². The first-order chi connectivity index (χ1) is 11.2. The summed E-state index contributed by atoms with van der Waals surface area (Å²) in [5.74, 6) is -0.150. The zero-order chi connectivity index (χ0) is 16.1. The van der Waals surface area contributed by atoms with Gasteiger partial charge in [0.1, 0.15) is 0 Å². The number of thiophene rings is 1. The zero-order valence-corrected chi connectivity index (χ0v) is 14.5. The largest absolute Gasteiger partial charge is 0.321 e. The molecule has 5 heteroatoms. The number of rotatable bonds is 4. The first-order valence-corrected chi connectivity index (χ1v) is 8.62. The molecule has 0 aliphatic carbocycles. The van der Waals surface area contributed by atoms with E-state index in [9.17, 15) is 4.79 Å². The average molecular weight is 385 g/mol. The van der Waals surface area contributed by atoms with E-state index < -0.39 is 0 Å². The highest BCUT2D eigenvalue weighted by Crippen LogP contribution is 2.25. The fraction of sp³-hybridized carbons (Fsp3) is 0. The third-order valence-corrected chi connectivity index (χ3v) is 4.56. The van der Waals surface area contributed by atoms with Crippen molar-refractivity contribution in [2.24, 2.45) is 0 Å². The van der Waals surface area contributed by atoms with Crippen LogP contribution < -0.4 is 5.32 Å². The van der Waals surface area contributed by atoms with Gasteiger partial charge in [-0.25, -0.2) is 0 Å². The molecule has 0 aliphatic rings. The molecule has 0 saturated carbocycles. The molecule has 3 aromatic rings. The Bertz CT molecular complexity index is 812. The number of hydrogen-bond acceptors (Lipinski definition) is 3. The Kier molecular flexibility index (Phi) is 5.00. The first kappa shape index (κ1) is 15.6. The number of hydrogen-bond donors (Lipinski definition) is 1. The summed E-state index contributed by atoms with van der Waals surface area (Å²) < 4.78 is 1.01. The number of amides is 1. The smallest absolute Gasteiger partial charge is 0.257 e. The number of carbonyl (C=O) groups excluding carboxylic acids is 1. The molecule has 2 heterocycles. The molecule has 0 unspecified atom stereocenters. The van der Waals surface area contributed by atoms with Crippen molar-refractivity contribution >= 4 is 50.5 Å². The Labute approximate surface area is 146 Å². The molecule has 23 heavy (non-hydrogen) atoms. The Morgan fingerprint density at radius 2 is 1.96 bits per heavy atom. The van der Waals surface area contributed by atoms with Crippen LogP contribution in [0.1, 0.15) is 10.4 Å².